The van der Waals surface area contributed by atoms with Gasteiger partial charge in [-0.15, -0.1) is 0 Å². The third-order valence-corrected chi connectivity index (χ3v) is 5.56. The van der Waals surface area contributed by atoms with Crippen LogP contribution in [0.5, 0.6) is 11.8 Å². The lowest BCUT2D eigenvalue weighted by molar-refractivity contribution is -0.119. The number of carbonyl (C=O) groups is 1. The van der Waals surface area contributed by atoms with E-state index >= 15 is 0 Å². The lowest BCUT2D eigenvalue weighted by Gasteiger charge is -2.29. The van der Waals surface area contributed by atoms with Gasteiger partial charge in [-0.2, -0.15) is 4.98 Å². The van der Waals surface area contributed by atoms with E-state index in [0.29, 0.717) is 17.0 Å². The summed E-state index contributed by atoms with van der Waals surface area (Å²) in [4.78, 5) is 24.9. The first-order chi connectivity index (χ1) is 14.2. The second-order valence-corrected chi connectivity index (χ2v) is 7.72. The number of aromatic nitrogens is 3. The number of benzene rings is 1. The van der Waals surface area contributed by atoms with Gasteiger partial charge in [0.25, 0.3) is 5.22 Å². The number of nitrogens with one attached hydrogen (secondary N) is 1. The van der Waals surface area contributed by atoms with Crippen molar-refractivity contribution in [3.63, 3.8) is 0 Å². The van der Waals surface area contributed by atoms with Gasteiger partial charge in [-0.1, -0.05) is 23.9 Å². The summed E-state index contributed by atoms with van der Waals surface area (Å²) in [5.41, 5.74) is 1.53. The fourth-order valence-electron chi connectivity index (χ4n) is 3.29. The molecule has 1 N–H and O–H groups in total. The highest BCUT2D eigenvalue weighted by atomic mass is 32.2. The first kappa shape index (κ1) is 19.5. The van der Waals surface area contributed by atoms with Crippen LogP contribution in [0.3, 0.4) is 0 Å². The summed E-state index contributed by atoms with van der Waals surface area (Å²) in [6, 6.07) is 7.72. The molecule has 4 rings (SSSR count). The van der Waals surface area contributed by atoms with Crippen molar-refractivity contribution in [2.45, 2.75) is 43.1 Å². The zero-order chi connectivity index (χ0) is 20.1. The summed E-state index contributed by atoms with van der Waals surface area (Å²) in [6.07, 6.45) is 6.61. The number of hydrogen-bond donors (Lipinski definition) is 1. The van der Waals surface area contributed by atoms with Gasteiger partial charge in [-0.25, -0.2) is 4.98 Å². The molecule has 29 heavy (non-hydrogen) atoms. The van der Waals surface area contributed by atoms with Crippen molar-refractivity contribution < 1.29 is 18.7 Å². The van der Waals surface area contributed by atoms with E-state index in [1.807, 2.05) is 24.3 Å². The van der Waals surface area contributed by atoms with Gasteiger partial charge < -0.3 is 19.2 Å². The van der Waals surface area contributed by atoms with Gasteiger partial charge in [0, 0.05) is 6.04 Å². The smallest absolute Gasteiger partial charge is 0.257 e. The Morgan fingerprint density at radius 2 is 1.97 bits per heavy atom. The number of nitrogens with zero attached hydrogens (tertiary/aromatic N) is 3. The first-order valence-corrected chi connectivity index (χ1v) is 10.5. The van der Waals surface area contributed by atoms with Crippen LogP contribution < -0.4 is 14.8 Å². The van der Waals surface area contributed by atoms with Crippen LogP contribution in [0, 0.1) is 0 Å². The highest BCUT2D eigenvalue weighted by molar-refractivity contribution is 7.99. The third-order valence-electron chi connectivity index (χ3n) is 4.73. The highest BCUT2D eigenvalue weighted by Crippen LogP contribution is 2.25. The molecule has 1 fully saturated rings. The van der Waals surface area contributed by atoms with Crippen LogP contribution in [0.4, 0.5) is 0 Å². The van der Waals surface area contributed by atoms with Crippen LogP contribution in [-0.4, -0.2) is 45.9 Å². The van der Waals surface area contributed by atoms with Crippen molar-refractivity contribution in [3.05, 3.63) is 36.7 Å². The number of rotatable bonds is 7. The molecule has 152 valence electrons. The molecule has 0 saturated heterocycles. The maximum absolute atomic E-state index is 12.3. The first-order valence-electron chi connectivity index (χ1n) is 9.50. The van der Waals surface area contributed by atoms with E-state index in [1.165, 1.54) is 18.0 Å². The molecule has 1 aliphatic carbocycles. The summed E-state index contributed by atoms with van der Waals surface area (Å²) < 4.78 is 16.6. The van der Waals surface area contributed by atoms with E-state index in [0.717, 1.165) is 36.8 Å². The number of ether oxygens (including phenoxy) is 2. The van der Waals surface area contributed by atoms with E-state index in [4.69, 9.17) is 13.9 Å². The largest absolute Gasteiger partial charge is 0.480 e. The number of thioether (sulfide) groups is 1. The van der Waals surface area contributed by atoms with Gasteiger partial charge in [-0.3, -0.25) is 9.78 Å². The van der Waals surface area contributed by atoms with Crippen LogP contribution in [0.25, 0.3) is 11.1 Å². The monoisotopic (exact) mass is 414 g/mol. The topological polar surface area (TPSA) is 99.4 Å². The summed E-state index contributed by atoms with van der Waals surface area (Å²) in [7, 11) is 1.55. The summed E-state index contributed by atoms with van der Waals surface area (Å²) in [5.74, 6) is 1.16. The normalized spacial score (nSPS) is 19.1. The fraction of sp³-hybridized carbons (Fsp3) is 0.400. The molecule has 0 radical (unpaired) electrons. The number of fused-ring (bicyclic) bond motifs is 1. The van der Waals surface area contributed by atoms with E-state index in [1.54, 1.807) is 13.3 Å². The quantitative estimate of drug-likeness (QED) is 0.588. The average Bonchev–Trinajstić information content (AvgIpc) is 3.17. The lowest BCUT2D eigenvalue weighted by Crippen LogP contribution is -2.40. The molecule has 0 unspecified atom stereocenters. The number of hydrogen-bond acceptors (Lipinski definition) is 8. The van der Waals surface area contributed by atoms with Gasteiger partial charge in [0.05, 0.1) is 25.3 Å². The minimum absolute atomic E-state index is 0.0136. The van der Waals surface area contributed by atoms with Crippen molar-refractivity contribution >= 4 is 28.8 Å². The average molecular weight is 414 g/mol. The van der Waals surface area contributed by atoms with Gasteiger partial charge in [-0.05, 0) is 37.8 Å². The predicted molar refractivity (Wildman–Crippen MR) is 108 cm³/mol. The number of carbonyl (C=O) groups excluding carboxylic acids is 1. The van der Waals surface area contributed by atoms with Crippen LogP contribution in [0.15, 0.2) is 46.3 Å². The summed E-state index contributed by atoms with van der Waals surface area (Å²) in [5, 5.41) is 3.60. The molecule has 1 amide bonds. The molecule has 0 atom stereocenters. The third kappa shape index (κ3) is 5.17. The van der Waals surface area contributed by atoms with Crippen molar-refractivity contribution in [2.24, 2.45) is 0 Å². The molecule has 2 heterocycles. The Morgan fingerprint density at radius 1 is 1.17 bits per heavy atom. The van der Waals surface area contributed by atoms with E-state index in [9.17, 15) is 4.79 Å². The van der Waals surface area contributed by atoms with Gasteiger partial charge in [0.15, 0.2) is 5.58 Å². The van der Waals surface area contributed by atoms with Crippen LogP contribution in [0.1, 0.15) is 25.7 Å². The van der Waals surface area contributed by atoms with Crippen molar-refractivity contribution in [1.29, 1.82) is 0 Å². The maximum Gasteiger partial charge on any atom is 0.257 e. The Balaban J connectivity index is 1.20. The molecule has 1 saturated carbocycles. The number of oxazole rings is 1. The van der Waals surface area contributed by atoms with Gasteiger partial charge in [0.2, 0.25) is 17.7 Å². The van der Waals surface area contributed by atoms with Gasteiger partial charge >= 0.3 is 0 Å². The van der Waals surface area contributed by atoms with E-state index < -0.39 is 0 Å². The molecule has 1 aliphatic rings. The molecule has 0 aliphatic heterocycles. The Labute approximate surface area is 172 Å². The van der Waals surface area contributed by atoms with Crippen LogP contribution >= 0.6 is 11.8 Å². The number of amides is 1. The summed E-state index contributed by atoms with van der Waals surface area (Å²) >= 11 is 1.31. The molecular formula is C20H22N4O4S. The Bertz CT molecular complexity index is 939. The maximum atomic E-state index is 12.3. The Kier molecular flexibility index (Phi) is 6.14. The Morgan fingerprint density at radius 3 is 2.76 bits per heavy atom. The van der Waals surface area contributed by atoms with Crippen LogP contribution in [0.2, 0.25) is 0 Å². The molecule has 1 aromatic carbocycles. The van der Waals surface area contributed by atoms with Crippen molar-refractivity contribution in [2.75, 3.05) is 12.9 Å². The van der Waals surface area contributed by atoms with Gasteiger partial charge in [0.1, 0.15) is 11.6 Å². The zero-order valence-corrected chi connectivity index (χ0v) is 16.9. The zero-order valence-electron chi connectivity index (χ0n) is 16.0. The predicted octanol–water partition coefficient (Wildman–Crippen LogP) is 3.22. The highest BCUT2D eigenvalue weighted by Gasteiger charge is 2.24. The van der Waals surface area contributed by atoms with Crippen molar-refractivity contribution in [3.8, 4) is 11.8 Å². The molecule has 9 heteroatoms. The molecule has 3 aromatic rings. The number of methoxy groups -OCH3 is 1. The van der Waals surface area contributed by atoms with Crippen molar-refractivity contribution in [1.82, 2.24) is 20.3 Å². The van der Waals surface area contributed by atoms with Crippen LogP contribution in [-0.2, 0) is 4.79 Å². The Hall–Kier alpha value is -2.81. The minimum atomic E-state index is -0.0136. The number of para-hydroxylation sites is 2. The second kappa shape index (κ2) is 9.13. The molecule has 0 spiro atoms. The minimum Gasteiger partial charge on any atom is -0.480 e. The molecule has 0 bridgehead atoms. The van der Waals surface area contributed by atoms with E-state index in [2.05, 4.69) is 20.3 Å². The second-order valence-electron chi connectivity index (χ2n) is 6.79. The SMILES string of the molecule is COc1cncc(OC2CCC(NC(=O)CSc3nc4ccccc4o3)CC2)n1. The van der Waals surface area contributed by atoms with E-state index in [-0.39, 0.29) is 23.8 Å². The standard InChI is InChI=1S/C20H22N4O4S/c1-26-18-10-21-11-19(24-18)27-14-8-6-13(7-9-14)22-17(25)12-29-20-23-15-4-2-3-5-16(15)28-20/h2-5,10-11,13-14H,6-9,12H2,1H3,(H,22,25). The lowest BCUT2D eigenvalue weighted by atomic mass is 9.93. The molecule has 2 aromatic heterocycles. The fourth-order valence-corrected chi connectivity index (χ4v) is 3.94. The summed E-state index contributed by atoms with van der Waals surface area (Å²) in [6.45, 7) is 0. The molecular weight excluding hydrogens is 392 g/mol. The molecule has 8 nitrogen and oxygen atoms in total.